The predicted octanol–water partition coefficient (Wildman–Crippen LogP) is 13.1. The summed E-state index contributed by atoms with van der Waals surface area (Å²) in [5.41, 5.74) is 6.85. The minimum atomic E-state index is -0.231. The summed E-state index contributed by atoms with van der Waals surface area (Å²) >= 11 is 0. The third kappa shape index (κ3) is 5.97. The van der Waals surface area contributed by atoms with Crippen molar-refractivity contribution in [2.24, 2.45) is 20.5 Å². The minimum Gasteiger partial charge on any atom is -0.354 e. The van der Waals surface area contributed by atoms with Gasteiger partial charge in [0.1, 0.15) is 0 Å². The molecule has 1 aliphatic rings. The van der Waals surface area contributed by atoms with Crippen molar-refractivity contribution < 1.29 is 9.59 Å². The first kappa shape index (κ1) is 32.3. The molecule has 8 aromatic rings. The van der Waals surface area contributed by atoms with E-state index in [0.29, 0.717) is 45.0 Å². The fourth-order valence-corrected chi connectivity index (χ4v) is 6.89. The van der Waals surface area contributed by atoms with Crippen molar-refractivity contribution in [3.05, 3.63) is 192 Å². The van der Waals surface area contributed by atoms with E-state index < -0.39 is 0 Å². The van der Waals surface area contributed by atoms with Crippen LogP contribution in [-0.4, -0.2) is 11.6 Å². The van der Waals surface area contributed by atoms with Crippen molar-refractivity contribution in [2.45, 2.75) is 0 Å². The van der Waals surface area contributed by atoms with Crippen LogP contribution in [0.2, 0.25) is 0 Å². The van der Waals surface area contributed by atoms with Gasteiger partial charge in [-0.15, -0.1) is 10.2 Å². The molecule has 0 unspecified atom stereocenters. The number of hydrogen-bond acceptors (Lipinski definition) is 8. The number of fused-ring (bicyclic) bond motifs is 4. The lowest BCUT2D eigenvalue weighted by molar-refractivity contribution is 0.0980. The van der Waals surface area contributed by atoms with Gasteiger partial charge in [-0.3, -0.25) is 9.59 Å². The molecule has 0 aliphatic heterocycles. The molecule has 0 bridgehead atoms. The largest absolute Gasteiger partial charge is 0.354 e. The summed E-state index contributed by atoms with van der Waals surface area (Å²) in [5, 5.41) is 28.6. The first-order chi connectivity index (χ1) is 26.6. The first-order valence-corrected chi connectivity index (χ1v) is 17.5. The van der Waals surface area contributed by atoms with Gasteiger partial charge in [-0.2, -0.15) is 10.2 Å². The molecule has 8 aromatic carbocycles. The van der Waals surface area contributed by atoms with Gasteiger partial charge < -0.3 is 10.6 Å². The molecule has 8 heteroatoms. The van der Waals surface area contributed by atoms with Crippen LogP contribution in [0.4, 0.5) is 45.5 Å². The van der Waals surface area contributed by atoms with Crippen LogP contribution in [0.1, 0.15) is 31.8 Å². The van der Waals surface area contributed by atoms with E-state index in [4.69, 9.17) is 0 Å². The van der Waals surface area contributed by atoms with Crippen LogP contribution in [0.5, 0.6) is 0 Å². The van der Waals surface area contributed by atoms with Gasteiger partial charge >= 0.3 is 0 Å². The van der Waals surface area contributed by atoms with Crippen molar-refractivity contribution in [3.63, 3.8) is 0 Å². The molecule has 0 spiro atoms. The van der Waals surface area contributed by atoms with Gasteiger partial charge in [0.05, 0.1) is 45.3 Å². The Morgan fingerprint density at radius 3 is 1.09 bits per heavy atom. The lowest BCUT2D eigenvalue weighted by Gasteiger charge is -2.24. The Hall–Kier alpha value is -7.58. The van der Waals surface area contributed by atoms with Gasteiger partial charge in [-0.05, 0) is 60.7 Å². The van der Waals surface area contributed by atoms with E-state index in [9.17, 15) is 9.59 Å². The number of hydrogen-bond donors (Lipinski definition) is 2. The van der Waals surface area contributed by atoms with Crippen LogP contribution in [0.15, 0.2) is 190 Å². The van der Waals surface area contributed by atoms with Crippen LogP contribution < -0.4 is 10.6 Å². The molecule has 0 amide bonds. The summed E-state index contributed by atoms with van der Waals surface area (Å²) in [6.07, 6.45) is 0. The quantitative estimate of drug-likeness (QED) is 0.154. The first-order valence-electron chi connectivity index (χ1n) is 17.5. The second kappa shape index (κ2) is 13.9. The molecule has 0 atom stereocenters. The molecule has 0 aromatic heterocycles. The Bertz CT molecular complexity index is 2620. The number of nitrogens with zero attached hydrogens (tertiary/aromatic N) is 4. The molecule has 54 heavy (non-hydrogen) atoms. The van der Waals surface area contributed by atoms with Gasteiger partial charge in [-0.25, -0.2) is 0 Å². The van der Waals surface area contributed by atoms with E-state index in [1.54, 1.807) is 24.3 Å². The Balaban J connectivity index is 1.13. The fraction of sp³-hybridized carbons (Fsp3) is 0. The molecule has 0 heterocycles. The van der Waals surface area contributed by atoms with Gasteiger partial charge in [0, 0.05) is 44.0 Å². The molecule has 0 fully saturated rings. The standard InChI is InChI=1S/C46H30N6O2/c53-45-35-21-11-12-22-36(35)46(54)44-42(48-38-24-26-40(34-20-10-8-18-32(34)38)52-50-30-15-5-2-6-16-30)28-27-41(43(44)45)47-37-23-25-39(33-19-9-7-17-31(33)37)51-49-29-13-3-1-4-14-29/h1-28,47-48H. The Kier molecular flexibility index (Phi) is 8.30. The molecule has 2 N–H and O–H groups in total. The average Bonchev–Trinajstić information content (AvgIpc) is 3.23. The maximum absolute atomic E-state index is 14.4. The molecule has 256 valence electrons. The summed E-state index contributed by atoms with van der Waals surface area (Å²) in [6, 6.07) is 53.3. The second-order valence-electron chi connectivity index (χ2n) is 12.8. The van der Waals surface area contributed by atoms with E-state index in [0.717, 1.165) is 44.3 Å². The highest BCUT2D eigenvalue weighted by Gasteiger charge is 2.34. The molecular weight excluding hydrogens is 669 g/mol. The van der Waals surface area contributed by atoms with E-state index >= 15 is 0 Å². The number of azo groups is 2. The Morgan fingerprint density at radius 1 is 0.315 bits per heavy atom. The van der Waals surface area contributed by atoms with Crippen molar-refractivity contribution in [3.8, 4) is 0 Å². The number of nitrogens with one attached hydrogen (secondary N) is 2. The van der Waals surface area contributed by atoms with E-state index in [1.807, 2.05) is 146 Å². The second-order valence-corrected chi connectivity index (χ2v) is 12.8. The predicted molar refractivity (Wildman–Crippen MR) is 215 cm³/mol. The SMILES string of the molecule is O=C1c2ccccc2C(=O)c2c(Nc3ccc(N=Nc4ccccc4)c4ccccc34)ccc(Nc3ccc(N=Nc4ccccc4)c4ccccc34)c21. The minimum absolute atomic E-state index is 0.231. The molecule has 1 aliphatic carbocycles. The summed E-state index contributed by atoms with van der Waals surface area (Å²) < 4.78 is 0. The lowest BCUT2D eigenvalue weighted by atomic mass is 9.82. The molecule has 8 nitrogen and oxygen atoms in total. The average molecular weight is 699 g/mol. The lowest BCUT2D eigenvalue weighted by Crippen LogP contribution is -2.23. The number of carbonyl (C=O) groups excluding carboxylic acids is 2. The normalized spacial score (nSPS) is 12.4. The van der Waals surface area contributed by atoms with E-state index in [-0.39, 0.29) is 11.6 Å². The monoisotopic (exact) mass is 698 g/mol. The van der Waals surface area contributed by atoms with Crippen LogP contribution >= 0.6 is 0 Å². The zero-order chi connectivity index (χ0) is 36.4. The highest BCUT2D eigenvalue weighted by Crippen LogP contribution is 2.42. The summed E-state index contributed by atoms with van der Waals surface area (Å²) in [5.74, 6) is -0.462. The van der Waals surface area contributed by atoms with Crippen LogP contribution in [0, 0.1) is 0 Å². The topological polar surface area (TPSA) is 108 Å². The van der Waals surface area contributed by atoms with Gasteiger partial charge in [0.25, 0.3) is 0 Å². The van der Waals surface area contributed by atoms with Gasteiger partial charge in [0.15, 0.2) is 11.6 Å². The highest BCUT2D eigenvalue weighted by atomic mass is 16.1. The smallest absolute Gasteiger partial charge is 0.196 e. The van der Waals surface area contributed by atoms with Gasteiger partial charge in [-0.1, -0.05) is 109 Å². The van der Waals surface area contributed by atoms with Gasteiger partial charge in [0.2, 0.25) is 0 Å². The van der Waals surface area contributed by atoms with Crippen LogP contribution in [-0.2, 0) is 0 Å². The van der Waals surface area contributed by atoms with Crippen molar-refractivity contribution in [1.82, 2.24) is 0 Å². The summed E-state index contributed by atoms with van der Waals surface area (Å²) in [7, 11) is 0. The summed E-state index contributed by atoms with van der Waals surface area (Å²) in [6.45, 7) is 0. The summed E-state index contributed by atoms with van der Waals surface area (Å²) in [4.78, 5) is 28.8. The molecule has 0 saturated carbocycles. The number of anilines is 4. The van der Waals surface area contributed by atoms with Crippen molar-refractivity contribution >= 4 is 78.6 Å². The Labute approximate surface area is 310 Å². The molecule has 9 rings (SSSR count). The third-order valence-corrected chi connectivity index (χ3v) is 9.48. The number of ketones is 2. The fourth-order valence-electron chi connectivity index (χ4n) is 6.89. The van der Waals surface area contributed by atoms with Crippen LogP contribution in [0.3, 0.4) is 0 Å². The zero-order valence-corrected chi connectivity index (χ0v) is 28.8. The van der Waals surface area contributed by atoms with E-state index in [1.165, 1.54) is 0 Å². The maximum atomic E-state index is 14.4. The number of benzene rings is 8. The van der Waals surface area contributed by atoms with Crippen molar-refractivity contribution in [2.75, 3.05) is 10.6 Å². The number of carbonyl (C=O) groups is 2. The maximum Gasteiger partial charge on any atom is 0.196 e. The number of rotatable bonds is 8. The molecular formula is C46H30N6O2. The van der Waals surface area contributed by atoms with E-state index in [2.05, 4.69) is 31.1 Å². The highest BCUT2D eigenvalue weighted by molar-refractivity contribution is 6.32. The van der Waals surface area contributed by atoms with Crippen LogP contribution in [0.25, 0.3) is 21.5 Å². The molecule has 0 radical (unpaired) electrons. The Morgan fingerprint density at radius 2 is 0.667 bits per heavy atom. The van der Waals surface area contributed by atoms with Crippen molar-refractivity contribution in [1.29, 1.82) is 0 Å². The zero-order valence-electron chi connectivity index (χ0n) is 28.8. The third-order valence-electron chi connectivity index (χ3n) is 9.48. The molecule has 0 saturated heterocycles.